The second-order valence-electron chi connectivity index (χ2n) is 5.53. The maximum absolute atomic E-state index is 7.79. The number of H-pyrrole nitrogens is 1. The fourth-order valence-corrected chi connectivity index (χ4v) is 4.59. The second kappa shape index (κ2) is 7.21. The van der Waals surface area contributed by atoms with Crippen molar-refractivity contribution in [3.05, 3.63) is 39.7 Å². The SMILES string of the molecule is [C-]#[N+]c1c(N2CCOCC2)sc(-c2nn[nH]n2)c1-c1ccc(Cl)cc1Cl. The highest BCUT2D eigenvalue weighted by Crippen LogP contribution is 2.53. The summed E-state index contributed by atoms with van der Waals surface area (Å²) in [6.07, 6.45) is 0. The molecule has 1 aliphatic heterocycles. The maximum atomic E-state index is 7.79. The molecule has 0 saturated carbocycles. The van der Waals surface area contributed by atoms with Crippen LogP contribution in [0.15, 0.2) is 18.2 Å². The largest absolute Gasteiger partial charge is 0.378 e. The van der Waals surface area contributed by atoms with E-state index in [-0.39, 0.29) is 0 Å². The summed E-state index contributed by atoms with van der Waals surface area (Å²) in [6.45, 7) is 10.5. The lowest BCUT2D eigenvalue weighted by atomic mass is 10.0. The molecular formula is C16H12Cl2N6OS. The quantitative estimate of drug-likeness (QED) is 0.656. The van der Waals surface area contributed by atoms with Crippen molar-refractivity contribution in [2.75, 3.05) is 31.2 Å². The Labute approximate surface area is 163 Å². The number of aromatic nitrogens is 4. The van der Waals surface area contributed by atoms with E-state index in [0.29, 0.717) is 40.3 Å². The number of benzene rings is 1. The van der Waals surface area contributed by atoms with Gasteiger partial charge < -0.3 is 9.64 Å². The smallest absolute Gasteiger partial charge is 0.229 e. The monoisotopic (exact) mass is 406 g/mol. The number of tetrazole rings is 1. The van der Waals surface area contributed by atoms with E-state index in [2.05, 4.69) is 30.4 Å². The summed E-state index contributed by atoms with van der Waals surface area (Å²) in [5.74, 6) is 0.431. The fourth-order valence-electron chi connectivity index (χ4n) is 2.85. The summed E-state index contributed by atoms with van der Waals surface area (Å²) in [4.78, 5) is 6.71. The Morgan fingerprint density at radius 1 is 1.27 bits per heavy atom. The average Bonchev–Trinajstić information content (AvgIpc) is 3.30. The first-order chi connectivity index (χ1) is 12.7. The lowest BCUT2D eigenvalue weighted by Crippen LogP contribution is -2.35. The number of thiophene rings is 1. The molecule has 3 aromatic rings. The average molecular weight is 407 g/mol. The molecule has 0 aliphatic carbocycles. The number of nitrogens with one attached hydrogen (secondary N) is 1. The molecule has 0 amide bonds. The van der Waals surface area contributed by atoms with Crippen LogP contribution in [0.25, 0.3) is 26.7 Å². The van der Waals surface area contributed by atoms with Crippen LogP contribution in [0.3, 0.4) is 0 Å². The van der Waals surface area contributed by atoms with Crippen molar-refractivity contribution in [3.63, 3.8) is 0 Å². The Morgan fingerprint density at radius 2 is 2.08 bits per heavy atom. The number of anilines is 1. The molecule has 1 fully saturated rings. The summed E-state index contributed by atoms with van der Waals surface area (Å²) in [6, 6.07) is 5.23. The predicted molar refractivity (Wildman–Crippen MR) is 102 cm³/mol. The number of hydrogen-bond donors (Lipinski definition) is 1. The molecule has 10 heteroatoms. The molecule has 0 spiro atoms. The molecule has 7 nitrogen and oxygen atoms in total. The molecule has 2 aromatic heterocycles. The van der Waals surface area contributed by atoms with Gasteiger partial charge >= 0.3 is 0 Å². The third-order valence-corrected chi connectivity index (χ3v) is 5.81. The van der Waals surface area contributed by atoms with Crippen LogP contribution >= 0.6 is 34.5 Å². The Balaban J connectivity index is 1.95. The number of morpholine rings is 1. The Morgan fingerprint density at radius 3 is 2.73 bits per heavy atom. The number of halogens is 2. The number of rotatable bonds is 3. The van der Waals surface area contributed by atoms with Crippen LogP contribution in [0, 0.1) is 6.57 Å². The van der Waals surface area contributed by atoms with Gasteiger partial charge in [0.15, 0.2) is 0 Å². The molecule has 4 rings (SSSR count). The number of aromatic amines is 1. The van der Waals surface area contributed by atoms with Crippen LogP contribution in [0.5, 0.6) is 0 Å². The molecule has 132 valence electrons. The van der Waals surface area contributed by atoms with Gasteiger partial charge in [0.05, 0.1) is 29.7 Å². The zero-order valence-electron chi connectivity index (χ0n) is 13.4. The van der Waals surface area contributed by atoms with Gasteiger partial charge in [-0.1, -0.05) is 29.3 Å². The summed E-state index contributed by atoms with van der Waals surface area (Å²) >= 11 is 13.9. The molecule has 1 aliphatic rings. The number of nitrogens with zero attached hydrogens (tertiary/aromatic N) is 5. The minimum Gasteiger partial charge on any atom is -0.378 e. The summed E-state index contributed by atoms with van der Waals surface area (Å²) in [5, 5.41) is 16.2. The zero-order chi connectivity index (χ0) is 18.1. The first kappa shape index (κ1) is 17.2. The Hall–Kier alpha value is -2.18. The van der Waals surface area contributed by atoms with Crippen molar-refractivity contribution in [1.29, 1.82) is 0 Å². The van der Waals surface area contributed by atoms with E-state index in [9.17, 15) is 0 Å². The first-order valence-electron chi connectivity index (χ1n) is 7.75. The predicted octanol–water partition coefficient (Wildman–Crippen LogP) is 4.29. The van der Waals surface area contributed by atoms with E-state index >= 15 is 0 Å². The molecule has 1 aromatic carbocycles. The van der Waals surface area contributed by atoms with Gasteiger partial charge in [-0.25, -0.2) is 4.85 Å². The van der Waals surface area contributed by atoms with E-state index in [4.69, 9.17) is 34.5 Å². The van der Waals surface area contributed by atoms with Crippen LogP contribution in [0.1, 0.15) is 0 Å². The first-order valence-corrected chi connectivity index (χ1v) is 9.32. The molecule has 1 N–H and O–H groups in total. The number of hydrogen-bond acceptors (Lipinski definition) is 6. The van der Waals surface area contributed by atoms with Crippen LogP contribution in [0.2, 0.25) is 10.0 Å². The van der Waals surface area contributed by atoms with E-state index in [0.717, 1.165) is 28.5 Å². The number of ether oxygens (including phenoxy) is 1. The van der Waals surface area contributed by atoms with Crippen molar-refractivity contribution >= 4 is 45.2 Å². The highest BCUT2D eigenvalue weighted by molar-refractivity contribution is 7.20. The zero-order valence-corrected chi connectivity index (χ0v) is 15.7. The van der Waals surface area contributed by atoms with Gasteiger partial charge in [0.2, 0.25) is 11.5 Å². The molecule has 1 saturated heterocycles. The van der Waals surface area contributed by atoms with E-state index in [1.54, 1.807) is 12.1 Å². The standard InChI is InChI=1S/C16H12Cl2N6OS/c1-19-13-12(10-3-2-9(17)8-11(10)18)14(15-20-22-23-21-15)26-16(13)24-4-6-25-7-5-24/h2-3,8H,4-7H2,(H,20,21,22,23). The summed E-state index contributed by atoms with van der Waals surface area (Å²) in [7, 11) is 0. The highest BCUT2D eigenvalue weighted by Gasteiger charge is 2.28. The van der Waals surface area contributed by atoms with Gasteiger partial charge in [0, 0.05) is 28.7 Å². The fraction of sp³-hybridized carbons (Fsp3) is 0.250. The van der Waals surface area contributed by atoms with Crippen molar-refractivity contribution in [2.24, 2.45) is 0 Å². The highest BCUT2D eigenvalue weighted by atomic mass is 35.5. The molecule has 26 heavy (non-hydrogen) atoms. The molecule has 3 heterocycles. The maximum Gasteiger partial charge on any atom is 0.229 e. The lowest BCUT2D eigenvalue weighted by molar-refractivity contribution is 0.123. The van der Waals surface area contributed by atoms with E-state index < -0.39 is 0 Å². The third kappa shape index (κ3) is 3.04. The molecule has 0 radical (unpaired) electrons. The van der Waals surface area contributed by atoms with E-state index in [1.165, 1.54) is 11.3 Å². The normalized spacial score (nSPS) is 14.4. The van der Waals surface area contributed by atoms with Crippen LogP contribution < -0.4 is 4.90 Å². The van der Waals surface area contributed by atoms with Gasteiger partial charge in [-0.15, -0.1) is 21.5 Å². The van der Waals surface area contributed by atoms with Crippen molar-refractivity contribution in [3.8, 4) is 21.8 Å². The van der Waals surface area contributed by atoms with Crippen LogP contribution in [-0.2, 0) is 4.74 Å². The molecule has 0 atom stereocenters. The summed E-state index contributed by atoms with van der Waals surface area (Å²) in [5.41, 5.74) is 1.95. The van der Waals surface area contributed by atoms with Gasteiger partial charge in [0.25, 0.3) is 0 Å². The third-order valence-electron chi connectivity index (χ3n) is 4.02. The minimum atomic E-state index is 0.431. The Kier molecular flexibility index (Phi) is 4.78. The van der Waals surface area contributed by atoms with Crippen molar-refractivity contribution < 1.29 is 4.74 Å². The van der Waals surface area contributed by atoms with Gasteiger partial charge in [-0.3, -0.25) is 0 Å². The second-order valence-corrected chi connectivity index (χ2v) is 7.37. The van der Waals surface area contributed by atoms with Crippen LogP contribution in [0.4, 0.5) is 10.7 Å². The van der Waals surface area contributed by atoms with Gasteiger partial charge in [0.1, 0.15) is 0 Å². The van der Waals surface area contributed by atoms with Crippen molar-refractivity contribution in [2.45, 2.75) is 0 Å². The van der Waals surface area contributed by atoms with Crippen LogP contribution in [-0.4, -0.2) is 46.9 Å². The topological polar surface area (TPSA) is 71.3 Å². The molecule has 0 bridgehead atoms. The molecular weight excluding hydrogens is 395 g/mol. The minimum absolute atomic E-state index is 0.431. The van der Waals surface area contributed by atoms with Crippen molar-refractivity contribution in [1.82, 2.24) is 20.6 Å². The van der Waals surface area contributed by atoms with Gasteiger partial charge in [-0.05, 0) is 22.9 Å². The Bertz CT molecular complexity index is 976. The van der Waals surface area contributed by atoms with E-state index in [1.807, 2.05) is 6.07 Å². The summed E-state index contributed by atoms with van der Waals surface area (Å²) < 4.78 is 5.43. The molecule has 0 unspecified atom stereocenters. The van der Waals surface area contributed by atoms with Gasteiger partial charge in [-0.2, -0.15) is 5.21 Å². The lowest BCUT2D eigenvalue weighted by Gasteiger charge is -2.28.